The zero-order valence-corrected chi connectivity index (χ0v) is 19.6. The highest BCUT2D eigenvalue weighted by Crippen LogP contribution is 2.38. The second kappa shape index (κ2) is 9.40. The number of anilines is 1. The molecule has 32 heavy (non-hydrogen) atoms. The van der Waals surface area contributed by atoms with Gasteiger partial charge in [-0.15, -0.1) is 11.3 Å². The Hall–Kier alpha value is -2.74. The van der Waals surface area contributed by atoms with Gasteiger partial charge in [-0.3, -0.25) is 4.79 Å². The maximum absolute atomic E-state index is 12.9. The molecule has 1 aromatic heterocycles. The molecule has 0 unspecified atom stereocenters. The summed E-state index contributed by atoms with van der Waals surface area (Å²) in [5.41, 5.74) is 2.38. The summed E-state index contributed by atoms with van der Waals surface area (Å²) in [6, 6.07) is 10.3. The van der Waals surface area contributed by atoms with Crippen molar-refractivity contribution in [1.82, 2.24) is 0 Å². The third-order valence-electron chi connectivity index (χ3n) is 4.88. The number of thiophene rings is 1. The molecule has 0 saturated carbocycles. The van der Waals surface area contributed by atoms with Gasteiger partial charge < -0.3 is 19.5 Å². The molecule has 0 bridgehead atoms. The van der Waals surface area contributed by atoms with Crippen LogP contribution in [0.4, 0.5) is 5.00 Å². The van der Waals surface area contributed by atoms with Crippen molar-refractivity contribution < 1.29 is 23.8 Å². The van der Waals surface area contributed by atoms with Crippen LogP contribution in [0.2, 0.25) is 10.0 Å². The van der Waals surface area contributed by atoms with Gasteiger partial charge in [0.25, 0.3) is 5.91 Å². The molecule has 2 heterocycles. The third kappa shape index (κ3) is 4.70. The summed E-state index contributed by atoms with van der Waals surface area (Å²) in [7, 11) is 0. The average molecular weight is 492 g/mol. The van der Waals surface area contributed by atoms with E-state index in [1.807, 2.05) is 25.1 Å². The lowest BCUT2D eigenvalue weighted by molar-refractivity contribution is 0.0527. The van der Waals surface area contributed by atoms with E-state index < -0.39 is 11.9 Å². The van der Waals surface area contributed by atoms with Gasteiger partial charge in [0.05, 0.1) is 12.2 Å². The van der Waals surface area contributed by atoms with Gasteiger partial charge in [0.1, 0.15) is 5.00 Å². The minimum absolute atomic E-state index is 0.202. The Morgan fingerprint density at radius 2 is 1.81 bits per heavy atom. The van der Waals surface area contributed by atoms with Crippen molar-refractivity contribution in [3.05, 3.63) is 73.6 Å². The largest absolute Gasteiger partial charge is 0.462 e. The summed E-state index contributed by atoms with van der Waals surface area (Å²) in [4.78, 5) is 26.5. The first kappa shape index (κ1) is 22.5. The molecule has 4 rings (SSSR count). The summed E-state index contributed by atoms with van der Waals surface area (Å²) >= 11 is 13.4. The van der Waals surface area contributed by atoms with Crippen LogP contribution in [0.15, 0.2) is 36.4 Å². The van der Waals surface area contributed by atoms with Gasteiger partial charge in [0, 0.05) is 26.9 Å². The minimum atomic E-state index is -0.488. The fourth-order valence-electron chi connectivity index (χ4n) is 3.36. The number of ether oxygens (including phenoxy) is 3. The van der Waals surface area contributed by atoms with E-state index in [-0.39, 0.29) is 13.4 Å². The lowest BCUT2D eigenvalue weighted by Crippen LogP contribution is -2.15. The predicted molar refractivity (Wildman–Crippen MR) is 125 cm³/mol. The van der Waals surface area contributed by atoms with Crippen LogP contribution in [0.5, 0.6) is 11.5 Å². The number of carbonyl (C=O) groups is 2. The first-order valence-electron chi connectivity index (χ1n) is 9.81. The summed E-state index contributed by atoms with van der Waals surface area (Å²) in [5.74, 6) is 0.485. The van der Waals surface area contributed by atoms with Crippen LogP contribution < -0.4 is 14.8 Å². The summed E-state index contributed by atoms with van der Waals surface area (Å²) in [6.07, 6.45) is 0.554. The van der Waals surface area contributed by atoms with E-state index in [1.165, 1.54) is 23.5 Å². The Bertz CT molecular complexity index is 1190. The lowest BCUT2D eigenvalue weighted by atomic mass is 10.1. The lowest BCUT2D eigenvalue weighted by Gasteiger charge is -2.08. The molecule has 3 aromatic rings. The number of fused-ring (bicyclic) bond motifs is 1. The molecule has 0 fully saturated rings. The van der Waals surface area contributed by atoms with Crippen molar-refractivity contribution in [2.75, 3.05) is 18.7 Å². The fourth-order valence-corrected chi connectivity index (χ4v) is 5.11. The Morgan fingerprint density at radius 3 is 2.53 bits per heavy atom. The van der Waals surface area contributed by atoms with E-state index in [4.69, 9.17) is 37.4 Å². The minimum Gasteiger partial charge on any atom is -0.462 e. The standard InChI is InChI=1S/C23H19Cl2NO5S/c1-3-29-23(28)20-12(2)19(7-13-4-5-17-18(6-13)31-11-30-17)32-22(20)26-21(27)14-8-15(24)10-16(25)9-14/h4-6,8-10H,3,7,11H2,1-2H3,(H,26,27). The summed E-state index contributed by atoms with van der Waals surface area (Å²) < 4.78 is 16.1. The molecule has 6 nitrogen and oxygen atoms in total. The molecule has 1 aliphatic heterocycles. The number of rotatable bonds is 6. The van der Waals surface area contributed by atoms with Crippen molar-refractivity contribution in [3.8, 4) is 11.5 Å². The number of nitrogens with one attached hydrogen (secondary N) is 1. The zero-order chi connectivity index (χ0) is 22.8. The molecule has 0 saturated heterocycles. The smallest absolute Gasteiger partial charge is 0.341 e. The second-order valence-corrected chi connectivity index (χ2v) is 9.03. The van der Waals surface area contributed by atoms with E-state index in [0.717, 1.165) is 16.0 Å². The van der Waals surface area contributed by atoms with Crippen molar-refractivity contribution >= 4 is 51.4 Å². The molecular formula is C23H19Cl2NO5S. The number of esters is 1. The third-order valence-corrected chi connectivity index (χ3v) is 6.52. The van der Waals surface area contributed by atoms with Crippen LogP contribution in [-0.4, -0.2) is 25.3 Å². The second-order valence-electron chi connectivity index (χ2n) is 7.05. The molecule has 0 spiro atoms. The quantitative estimate of drug-likeness (QED) is 0.420. The first-order valence-corrected chi connectivity index (χ1v) is 11.4. The maximum Gasteiger partial charge on any atom is 0.341 e. The topological polar surface area (TPSA) is 73.9 Å². The van der Waals surface area contributed by atoms with Gasteiger partial charge in [-0.05, 0) is 55.3 Å². The number of hydrogen-bond acceptors (Lipinski definition) is 6. The van der Waals surface area contributed by atoms with Gasteiger partial charge in [-0.2, -0.15) is 0 Å². The van der Waals surface area contributed by atoms with Crippen LogP contribution in [0.1, 0.15) is 43.6 Å². The normalized spacial score (nSPS) is 12.0. The Balaban J connectivity index is 1.66. The van der Waals surface area contributed by atoms with Crippen molar-refractivity contribution in [1.29, 1.82) is 0 Å². The number of hydrogen-bond donors (Lipinski definition) is 1. The van der Waals surface area contributed by atoms with E-state index in [0.29, 0.717) is 44.1 Å². The van der Waals surface area contributed by atoms with Gasteiger partial charge in [0.2, 0.25) is 6.79 Å². The SMILES string of the molecule is CCOC(=O)c1c(NC(=O)c2cc(Cl)cc(Cl)c2)sc(Cc2ccc3c(c2)OCO3)c1C. The molecule has 0 radical (unpaired) electrons. The van der Waals surface area contributed by atoms with E-state index in [1.54, 1.807) is 13.0 Å². The van der Waals surface area contributed by atoms with Crippen molar-refractivity contribution in [2.45, 2.75) is 20.3 Å². The van der Waals surface area contributed by atoms with Gasteiger partial charge in [-0.25, -0.2) is 4.79 Å². The van der Waals surface area contributed by atoms with Crippen LogP contribution in [0.25, 0.3) is 0 Å². The Morgan fingerprint density at radius 1 is 1.09 bits per heavy atom. The van der Waals surface area contributed by atoms with Crippen LogP contribution in [0.3, 0.4) is 0 Å². The average Bonchev–Trinajstić information content (AvgIpc) is 3.31. The summed E-state index contributed by atoms with van der Waals surface area (Å²) in [5, 5.41) is 3.93. The van der Waals surface area contributed by atoms with Crippen molar-refractivity contribution in [2.24, 2.45) is 0 Å². The fraction of sp³-hybridized carbons (Fsp3) is 0.217. The van der Waals surface area contributed by atoms with Crippen LogP contribution in [0, 0.1) is 6.92 Å². The Kier molecular flexibility index (Phi) is 6.60. The molecule has 1 aliphatic rings. The zero-order valence-electron chi connectivity index (χ0n) is 17.3. The number of halogens is 2. The molecule has 166 valence electrons. The number of carbonyl (C=O) groups excluding carboxylic acids is 2. The predicted octanol–water partition coefficient (Wildman–Crippen LogP) is 6.11. The Labute approximate surface area is 199 Å². The first-order chi connectivity index (χ1) is 15.4. The van der Waals surface area contributed by atoms with Gasteiger partial charge in [0.15, 0.2) is 11.5 Å². The van der Waals surface area contributed by atoms with E-state index in [2.05, 4.69) is 5.32 Å². The van der Waals surface area contributed by atoms with E-state index in [9.17, 15) is 9.59 Å². The van der Waals surface area contributed by atoms with Gasteiger partial charge >= 0.3 is 5.97 Å². The van der Waals surface area contributed by atoms with Crippen LogP contribution >= 0.6 is 34.5 Å². The molecule has 2 aromatic carbocycles. The van der Waals surface area contributed by atoms with Gasteiger partial charge in [-0.1, -0.05) is 29.3 Å². The maximum atomic E-state index is 12.9. The highest BCUT2D eigenvalue weighted by atomic mass is 35.5. The number of amides is 1. The van der Waals surface area contributed by atoms with E-state index >= 15 is 0 Å². The number of benzene rings is 2. The molecule has 1 N–H and O–H groups in total. The summed E-state index contributed by atoms with van der Waals surface area (Å²) in [6.45, 7) is 4.01. The van der Waals surface area contributed by atoms with Crippen molar-refractivity contribution in [3.63, 3.8) is 0 Å². The molecular weight excluding hydrogens is 473 g/mol. The van der Waals surface area contributed by atoms with Crippen LogP contribution in [-0.2, 0) is 11.2 Å². The highest BCUT2D eigenvalue weighted by molar-refractivity contribution is 7.17. The molecule has 1 amide bonds. The molecule has 0 atom stereocenters. The molecule has 9 heteroatoms. The highest BCUT2D eigenvalue weighted by Gasteiger charge is 2.25. The molecule has 0 aliphatic carbocycles. The monoisotopic (exact) mass is 491 g/mol.